The number of aliphatic carboxylic acids is 1. The van der Waals surface area contributed by atoms with Gasteiger partial charge in [0.25, 0.3) is 5.91 Å². The zero-order valence-corrected chi connectivity index (χ0v) is 13.3. The minimum absolute atomic E-state index is 0.148. The molecular formula is C14H20N2O5S. The maximum absolute atomic E-state index is 12.2. The second-order valence-corrected chi connectivity index (χ2v) is 6.58. The molecule has 1 rings (SSSR count). The number of aryl methyl sites for hydroxylation is 1. The van der Waals surface area contributed by atoms with Crippen LogP contribution in [0, 0.1) is 6.92 Å². The molecule has 4 N–H and O–H groups in total. The van der Waals surface area contributed by atoms with Gasteiger partial charge in [0.1, 0.15) is 6.04 Å². The summed E-state index contributed by atoms with van der Waals surface area (Å²) in [6.07, 6.45) is 1.69. The molecule has 22 heavy (non-hydrogen) atoms. The fourth-order valence-electron chi connectivity index (χ4n) is 1.97. The highest BCUT2D eigenvalue weighted by molar-refractivity contribution is 7.89. The summed E-state index contributed by atoms with van der Waals surface area (Å²) < 4.78 is 23.1. The number of amides is 1. The van der Waals surface area contributed by atoms with Gasteiger partial charge in [-0.2, -0.15) is 0 Å². The van der Waals surface area contributed by atoms with Crippen LogP contribution >= 0.6 is 0 Å². The molecular weight excluding hydrogens is 308 g/mol. The Morgan fingerprint density at radius 1 is 1.36 bits per heavy atom. The summed E-state index contributed by atoms with van der Waals surface area (Å²) in [4.78, 5) is 23.1. The number of carboxylic acid groups (broad SMARTS) is 1. The van der Waals surface area contributed by atoms with E-state index in [1.54, 1.807) is 6.92 Å². The summed E-state index contributed by atoms with van der Waals surface area (Å²) in [5.74, 6) is -1.93. The number of benzene rings is 1. The fourth-order valence-corrected chi connectivity index (χ4v) is 2.69. The number of rotatable bonds is 7. The number of carbonyl (C=O) groups is 2. The van der Waals surface area contributed by atoms with Crippen molar-refractivity contribution in [3.63, 3.8) is 0 Å². The van der Waals surface area contributed by atoms with Gasteiger partial charge in [0.2, 0.25) is 10.0 Å². The van der Waals surface area contributed by atoms with Crippen molar-refractivity contribution in [2.75, 3.05) is 0 Å². The normalized spacial score (nSPS) is 12.7. The molecule has 0 aromatic heterocycles. The number of sulfonamides is 1. The molecule has 0 saturated heterocycles. The van der Waals surface area contributed by atoms with Crippen LogP contribution in [0.4, 0.5) is 0 Å². The van der Waals surface area contributed by atoms with Crippen LogP contribution in [0.25, 0.3) is 0 Å². The molecule has 0 heterocycles. The monoisotopic (exact) mass is 328 g/mol. The van der Waals surface area contributed by atoms with Gasteiger partial charge < -0.3 is 10.4 Å². The van der Waals surface area contributed by atoms with E-state index in [2.05, 4.69) is 5.32 Å². The second-order valence-electron chi connectivity index (χ2n) is 5.05. The number of hydrogen-bond acceptors (Lipinski definition) is 4. The fraction of sp³-hybridized carbons (Fsp3) is 0.429. The van der Waals surface area contributed by atoms with Gasteiger partial charge in [0.15, 0.2) is 0 Å². The molecule has 0 bridgehead atoms. The Morgan fingerprint density at radius 2 is 2.00 bits per heavy atom. The van der Waals surface area contributed by atoms with E-state index in [1.165, 1.54) is 18.2 Å². The van der Waals surface area contributed by atoms with E-state index in [1.807, 2.05) is 6.92 Å². The van der Waals surface area contributed by atoms with Gasteiger partial charge >= 0.3 is 5.97 Å². The van der Waals surface area contributed by atoms with E-state index in [0.717, 1.165) is 6.42 Å². The van der Waals surface area contributed by atoms with E-state index in [4.69, 9.17) is 10.2 Å². The van der Waals surface area contributed by atoms with Gasteiger partial charge in [-0.25, -0.2) is 18.4 Å². The van der Waals surface area contributed by atoms with Crippen molar-refractivity contribution in [1.82, 2.24) is 5.32 Å². The van der Waals surface area contributed by atoms with Crippen molar-refractivity contribution in [3.8, 4) is 0 Å². The van der Waals surface area contributed by atoms with E-state index in [-0.39, 0.29) is 16.9 Å². The van der Waals surface area contributed by atoms with E-state index in [9.17, 15) is 18.0 Å². The highest BCUT2D eigenvalue weighted by Gasteiger charge is 2.24. The summed E-state index contributed by atoms with van der Waals surface area (Å²) >= 11 is 0. The summed E-state index contributed by atoms with van der Waals surface area (Å²) in [6.45, 7) is 3.59. The molecule has 0 radical (unpaired) electrons. The van der Waals surface area contributed by atoms with Crippen molar-refractivity contribution in [1.29, 1.82) is 0 Å². The highest BCUT2D eigenvalue weighted by atomic mass is 32.2. The Bertz CT molecular complexity index is 670. The van der Waals surface area contributed by atoms with Crippen LogP contribution in [0.5, 0.6) is 0 Å². The quantitative estimate of drug-likeness (QED) is 0.688. The van der Waals surface area contributed by atoms with Gasteiger partial charge in [-0.3, -0.25) is 4.79 Å². The topological polar surface area (TPSA) is 127 Å². The molecule has 0 aliphatic heterocycles. The van der Waals surface area contributed by atoms with Gasteiger partial charge in [-0.1, -0.05) is 31.4 Å². The molecule has 122 valence electrons. The standard InChI is InChI=1S/C14H20N2O5S/c1-3-4-5-11(14(18)19)16-13(17)10-8-9(2)6-7-12(10)22(15,20)21/h6-8,11H,3-5H2,1-2H3,(H,16,17)(H,18,19)(H2,15,20,21)/t11-/m0/s1. The van der Waals surface area contributed by atoms with Crippen LogP contribution in [0.15, 0.2) is 23.1 Å². The molecule has 1 aromatic carbocycles. The summed E-state index contributed by atoms with van der Waals surface area (Å²) in [6, 6.07) is 3.05. The number of carboxylic acids is 1. The van der Waals surface area contributed by atoms with Gasteiger partial charge in [0.05, 0.1) is 10.5 Å². The Labute approximate surface area is 129 Å². The first-order chi connectivity index (χ1) is 10.2. The molecule has 0 spiro atoms. The van der Waals surface area contributed by atoms with Gasteiger partial charge in [-0.15, -0.1) is 0 Å². The number of nitrogens with two attached hydrogens (primary N) is 1. The van der Waals surface area contributed by atoms with Crippen molar-refractivity contribution in [2.24, 2.45) is 5.14 Å². The van der Waals surface area contributed by atoms with Crippen LogP contribution in [0.1, 0.15) is 42.1 Å². The first kappa shape index (κ1) is 18.1. The lowest BCUT2D eigenvalue weighted by atomic mass is 10.1. The number of primary sulfonamides is 1. The van der Waals surface area contributed by atoms with Crippen molar-refractivity contribution in [2.45, 2.75) is 44.0 Å². The lowest BCUT2D eigenvalue weighted by Crippen LogP contribution is -2.41. The molecule has 1 amide bonds. The SMILES string of the molecule is CCCC[C@H](NC(=O)c1cc(C)ccc1S(N)(=O)=O)C(=O)O. The number of hydrogen-bond donors (Lipinski definition) is 3. The first-order valence-corrected chi connectivity index (χ1v) is 8.38. The number of unbranched alkanes of at least 4 members (excludes halogenated alkanes) is 1. The predicted molar refractivity (Wildman–Crippen MR) is 81.0 cm³/mol. The van der Waals surface area contributed by atoms with Crippen molar-refractivity contribution in [3.05, 3.63) is 29.3 Å². The van der Waals surface area contributed by atoms with Crippen molar-refractivity contribution < 1.29 is 23.1 Å². The molecule has 0 aliphatic rings. The molecule has 0 saturated carbocycles. The number of nitrogens with one attached hydrogen (secondary N) is 1. The summed E-state index contributed by atoms with van der Waals surface area (Å²) in [5, 5.41) is 16.6. The smallest absolute Gasteiger partial charge is 0.326 e. The third kappa shape index (κ3) is 4.81. The highest BCUT2D eigenvalue weighted by Crippen LogP contribution is 2.16. The zero-order valence-electron chi connectivity index (χ0n) is 12.5. The summed E-state index contributed by atoms with van der Waals surface area (Å²) in [5.41, 5.74) is 0.517. The second kappa shape index (κ2) is 7.37. The van der Waals surface area contributed by atoms with Crippen LogP contribution in [0.3, 0.4) is 0 Å². The summed E-state index contributed by atoms with van der Waals surface area (Å²) in [7, 11) is -4.08. The predicted octanol–water partition coefficient (Wildman–Crippen LogP) is 1.02. The third-order valence-corrected chi connectivity index (χ3v) is 4.11. The maximum Gasteiger partial charge on any atom is 0.326 e. The van der Waals surface area contributed by atoms with Crippen LogP contribution < -0.4 is 10.5 Å². The average Bonchev–Trinajstić information content (AvgIpc) is 2.41. The van der Waals surface area contributed by atoms with E-state index < -0.39 is 27.9 Å². The first-order valence-electron chi connectivity index (χ1n) is 6.84. The Balaban J connectivity index is 3.11. The lowest BCUT2D eigenvalue weighted by molar-refractivity contribution is -0.139. The van der Waals surface area contributed by atoms with Crippen LogP contribution in [-0.4, -0.2) is 31.4 Å². The maximum atomic E-state index is 12.2. The molecule has 1 atom stereocenters. The minimum atomic E-state index is -4.08. The molecule has 0 unspecified atom stereocenters. The van der Waals surface area contributed by atoms with Gasteiger partial charge in [-0.05, 0) is 25.5 Å². The van der Waals surface area contributed by atoms with Gasteiger partial charge in [0, 0.05) is 0 Å². The van der Waals surface area contributed by atoms with E-state index >= 15 is 0 Å². The molecule has 1 aromatic rings. The Hall–Kier alpha value is -1.93. The van der Waals surface area contributed by atoms with Crippen LogP contribution in [-0.2, 0) is 14.8 Å². The largest absolute Gasteiger partial charge is 0.480 e. The molecule has 0 fully saturated rings. The minimum Gasteiger partial charge on any atom is -0.480 e. The number of carbonyl (C=O) groups excluding carboxylic acids is 1. The Morgan fingerprint density at radius 3 is 2.50 bits per heavy atom. The van der Waals surface area contributed by atoms with Crippen molar-refractivity contribution >= 4 is 21.9 Å². The lowest BCUT2D eigenvalue weighted by Gasteiger charge is -2.15. The average molecular weight is 328 g/mol. The molecule has 8 heteroatoms. The van der Waals surface area contributed by atoms with Crippen LogP contribution in [0.2, 0.25) is 0 Å². The molecule has 0 aliphatic carbocycles. The Kier molecular flexibility index (Phi) is 6.07. The zero-order chi connectivity index (χ0) is 16.9. The molecule has 7 nitrogen and oxygen atoms in total. The van der Waals surface area contributed by atoms with E-state index in [0.29, 0.717) is 12.0 Å². The third-order valence-electron chi connectivity index (χ3n) is 3.14.